The zero-order valence-corrected chi connectivity index (χ0v) is 7.75. The van der Waals surface area contributed by atoms with Crippen LogP contribution in [0.5, 0.6) is 0 Å². The van der Waals surface area contributed by atoms with Gasteiger partial charge in [0.15, 0.2) is 5.65 Å². The molecule has 0 amide bonds. The zero-order valence-electron chi connectivity index (χ0n) is 7.75. The highest BCUT2D eigenvalue weighted by Gasteiger charge is 2.30. The molecule has 2 rings (SSSR count). The second-order valence-electron chi connectivity index (χ2n) is 3.09. The predicted molar refractivity (Wildman–Crippen MR) is 48.6 cm³/mol. The number of aromatic amines is 1. The molecule has 0 saturated carbocycles. The number of alkyl halides is 3. The van der Waals surface area contributed by atoms with Gasteiger partial charge in [0.2, 0.25) is 5.95 Å². The second-order valence-corrected chi connectivity index (χ2v) is 3.09. The first-order valence-corrected chi connectivity index (χ1v) is 4.14. The van der Waals surface area contributed by atoms with E-state index in [1.54, 1.807) is 0 Å². The molecule has 6 nitrogen and oxygen atoms in total. The maximum absolute atomic E-state index is 12.2. The van der Waals surface area contributed by atoms with Crippen molar-refractivity contribution in [3.8, 4) is 0 Å². The van der Waals surface area contributed by atoms with Crippen molar-refractivity contribution >= 4 is 17.1 Å². The minimum atomic E-state index is -4.49. The standard InChI is InChI=1S/C7H6F3N5O/c8-7(9,10)2-15-3-1-12-5(11)13-4(3)14-6(15)16/h1H,2H2,(H3,11,12,13,14,16). The number of rotatable bonds is 1. The molecule has 0 aromatic carbocycles. The Kier molecular flexibility index (Phi) is 2.10. The third kappa shape index (κ3) is 1.83. The van der Waals surface area contributed by atoms with Gasteiger partial charge in [-0.3, -0.25) is 9.55 Å². The van der Waals surface area contributed by atoms with Crippen LogP contribution in [0.25, 0.3) is 11.2 Å². The minimum absolute atomic E-state index is 0.0123. The Morgan fingerprint density at radius 1 is 1.50 bits per heavy atom. The highest BCUT2D eigenvalue weighted by Crippen LogP contribution is 2.18. The number of imidazole rings is 1. The van der Waals surface area contributed by atoms with E-state index >= 15 is 0 Å². The number of anilines is 1. The van der Waals surface area contributed by atoms with E-state index in [-0.39, 0.29) is 17.1 Å². The maximum Gasteiger partial charge on any atom is 0.406 e. The molecule has 2 aromatic heterocycles. The summed E-state index contributed by atoms with van der Waals surface area (Å²) in [6.07, 6.45) is -3.42. The Morgan fingerprint density at radius 3 is 2.81 bits per heavy atom. The van der Waals surface area contributed by atoms with Crippen molar-refractivity contribution < 1.29 is 13.2 Å². The summed E-state index contributed by atoms with van der Waals surface area (Å²) in [6.45, 7) is -1.39. The first kappa shape index (κ1) is 10.5. The molecule has 2 heterocycles. The van der Waals surface area contributed by atoms with E-state index in [0.717, 1.165) is 6.20 Å². The number of halogens is 3. The van der Waals surface area contributed by atoms with Crippen LogP contribution in [-0.2, 0) is 6.54 Å². The Balaban J connectivity index is 2.61. The molecule has 0 radical (unpaired) electrons. The number of nitrogen functional groups attached to an aromatic ring is 1. The van der Waals surface area contributed by atoms with Gasteiger partial charge in [-0.2, -0.15) is 18.2 Å². The van der Waals surface area contributed by atoms with Crippen molar-refractivity contribution in [2.24, 2.45) is 0 Å². The van der Waals surface area contributed by atoms with Gasteiger partial charge in [-0.15, -0.1) is 0 Å². The molecule has 86 valence electrons. The van der Waals surface area contributed by atoms with Crippen LogP contribution < -0.4 is 11.4 Å². The molecule has 3 N–H and O–H groups in total. The van der Waals surface area contributed by atoms with Crippen LogP contribution in [0.4, 0.5) is 19.1 Å². The van der Waals surface area contributed by atoms with Gasteiger partial charge in [0.05, 0.1) is 6.20 Å². The van der Waals surface area contributed by atoms with Crippen molar-refractivity contribution in [2.45, 2.75) is 12.7 Å². The quantitative estimate of drug-likeness (QED) is 0.739. The fourth-order valence-corrected chi connectivity index (χ4v) is 1.29. The smallest absolute Gasteiger partial charge is 0.368 e. The van der Waals surface area contributed by atoms with Crippen molar-refractivity contribution in [1.29, 1.82) is 0 Å². The first-order valence-electron chi connectivity index (χ1n) is 4.14. The highest BCUT2D eigenvalue weighted by atomic mass is 19.4. The number of fused-ring (bicyclic) bond motifs is 1. The average Bonchev–Trinajstić information content (AvgIpc) is 2.40. The van der Waals surface area contributed by atoms with Crippen LogP contribution in [0, 0.1) is 0 Å². The second kappa shape index (κ2) is 3.22. The molecule has 9 heteroatoms. The van der Waals surface area contributed by atoms with E-state index in [9.17, 15) is 18.0 Å². The largest absolute Gasteiger partial charge is 0.406 e. The van der Waals surface area contributed by atoms with Crippen molar-refractivity contribution in [3.05, 3.63) is 16.7 Å². The van der Waals surface area contributed by atoms with E-state index in [2.05, 4.69) is 15.0 Å². The van der Waals surface area contributed by atoms with E-state index < -0.39 is 18.4 Å². The summed E-state index contributed by atoms with van der Waals surface area (Å²) in [5, 5.41) is 0. The SMILES string of the molecule is Nc1ncc2c(n1)[nH]c(=O)n2CC(F)(F)F. The monoisotopic (exact) mass is 233 g/mol. The lowest BCUT2D eigenvalue weighted by Crippen LogP contribution is -2.26. The van der Waals surface area contributed by atoms with Crippen molar-refractivity contribution in [2.75, 3.05) is 5.73 Å². The first-order chi connectivity index (χ1) is 7.37. The molecule has 0 unspecified atom stereocenters. The predicted octanol–water partition coefficient (Wildman–Crippen LogP) is 0.264. The molecule has 0 aliphatic carbocycles. The fourth-order valence-electron chi connectivity index (χ4n) is 1.29. The van der Waals surface area contributed by atoms with Gasteiger partial charge in [-0.25, -0.2) is 9.78 Å². The number of H-pyrrole nitrogens is 1. The number of nitrogens with zero attached hydrogens (tertiary/aromatic N) is 3. The molecule has 16 heavy (non-hydrogen) atoms. The Bertz CT molecular complexity index is 584. The van der Waals surface area contributed by atoms with Crippen LogP contribution in [-0.4, -0.2) is 25.7 Å². The van der Waals surface area contributed by atoms with E-state index in [4.69, 9.17) is 5.73 Å². The van der Waals surface area contributed by atoms with Crippen LogP contribution in [0.1, 0.15) is 0 Å². The topological polar surface area (TPSA) is 89.6 Å². The summed E-state index contributed by atoms with van der Waals surface area (Å²) in [4.78, 5) is 20.5. The molecule has 0 bridgehead atoms. The van der Waals surface area contributed by atoms with Gasteiger partial charge in [-0.1, -0.05) is 0 Å². The molecule has 0 spiro atoms. The summed E-state index contributed by atoms with van der Waals surface area (Å²) in [7, 11) is 0. The third-order valence-corrected chi connectivity index (χ3v) is 1.89. The maximum atomic E-state index is 12.2. The van der Waals surface area contributed by atoms with Gasteiger partial charge in [0.25, 0.3) is 0 Å². The van der Waals surface area contributed by atoms with Gasteiger partial charge < -0.3 is 5.73 Å². The zero-order chi connectivity index (χ0) is 11.9. The number of nitrogens with two attached hydrogens (primary N) is 1. The van der Waals surface area contributed by atoms with Crippen LogP contribution >= 0.6 is 0 Å². The molecule has 0 aliphatic rings. The Hall–Kier alpha value is -2.06. The summed E-state index contributed by atoms with van der Waals surface area (Å²) < 4.78 is 37.0. The van der Waals surface area contributed by atoms with Crippen LogP contribution in [0.15, 0.2) is 11.0 Å². The minimum Gasteiger partial charge on any atom is -0.368 e. The molecule has 2 aromatic rings. The molecule has 0 saturated heterocycles. The average molecular weight is 233 g/mol. The molecular weight excluding hydrogens is 227 g/mol. The molecule has 0 aliphatic heterocycles. The van der Waals surface area contributed by atoms with E-state index in [1.165, 1.54) is 0 Å². The van der Waals surface area contributed by atoms with Gasteiger partial charge in [0, 0.05) is 0 Å². The van der Waals surface area contributed by atoms with E-state index in [0.29, 0.717) is 4.57 Å². The summed E-state index contributed by atoms with van der Waals surface area (Å²) in [6, 6.07) is 0. The lowest BCUT2D eigenvalue weighted by Gasteiger charge is -2.06. The lowest BCUT2D eigenvalue weighted by atomic mass is 10.5. The number of nitrogens with one attached hydrogen (secondary N) is 1. The number of hydrogen-bond donors (Lipinski definition) is 2. The van der Waals surface area contributed by atoms with Gasteiger partial charge in [-0.05, 0) is 0 Å². The molecule has 0 atom stereocenters. The van der Waals surface area contributed by atoms with Gasteiger partial charge >= 0.3 is 11.9 Å². The summed E-state index contributed by atoms with van der Waals surface area (Å²) in [5.41, 5.74) is 4.30. The lowest BCUT2D eigenvalue weighted by molar-refractivity contribution is -0.140. The summed E-state index contributed by atoms with van der Waals surface area (Å²) >= 11 is 0. The van der Waals surface area contributed by atoms with Crippen molar-refractivity contribution in [3.63, 3.8) is 0 Å². The Morgan fingerprint density at radius 2 is 2.19 bits per heavy atom. The van der Waals surface area contributed by atoms with Crippen LogP contribution in [0.2, 0.25) is 0 Å². The normalized spacial score (nSPS) is 12.2. The summed E-state index contributed by atoms with van der Waals surface area (Å²) in [5.74, 6) is -0.118. The van der Waals surface area contributed by atoms with Crippen molar-refractivity contribution in [1.82, 2.24) is 19.5 Å². The van der Waals surface area contributed by atoms with Crippen LogP contribution in [0.3, 0.4) is 0 Å². The Labute approximate surface area is 85.9 Å². The number of hydrogen-bond acceptors (Lipinski definition) is 4. The van der Waals surface area contributed by atoms with E-state index in [1.807, 2.05) is 0 Å². The highest BCUT2D eigenvalue weighted by molar-refractivity contribution is 5.70. The fraction of sp³-hybridized carbons (Fsp3) is 0.286. The van der Waals surface area contributed by atoms with Gasteiger partial charge in [0.1, 0.15) is 12.1 Å². The third-order valence-electron chi connectivity index (χ3n) is 1.89. The molecule has 0 fully saturated rings. The molecular formula is C7H6F3N5O. The number of aromatic nitrogens is 4.